The number of nitrogens with zero attached hydrogens (tertiary/aromatic N) is 1. The van der Waals surface area contributed by atoms with Crippen LogP contribution in [0.5, 0.6) is 5.75 Å². The summed E-state index contributed by atoms with van der Waals surface area (Å²) in [5.41, 5.74) is 3.90. The Morgan fingerprint density at radius 2 is 2.04 bits per heavy atom. The van der Waals surface area contributed by atoms with E-state index in [0.29, 0.717) is 12.1 Å². The number of ether oxygens (including phenoxy) is 1. The summed E-state index contributed by atoms with van der Waals surface area (Å²) in [6, 6.07) is 8.47. The van der Waals surface area contributed by atoms with Crippen LogP contribution in [0.25, 0.3) is 10.2 Å². The van der Waals surface area contributed by atoms with Gasteiger partial charge in [-0.15, -0.1) is 11.3 Å². The van der Waals surface area contributed by atoms with Crippen molar-refractivity contribution in [3.8, 4) is 5.75 Å². The van der Waals surface area contributed by atoms with E-state index in [1.807, 2.05) is 12.1 Å². The molecular weight excluding hydrogens is 351 g/mol. The second kappa shape index (κ2) is 7.03. The number of carbonyl (C=O) groups excluding carboxylic acids is 1. The molecule has 1 heterocycles. The molecule has 1 aliphatic rings. The first-order valence-corrected chi connectivity index (χ1v) is 9.52. The highest BCUT2D eigenvalue weighted by Gasteiger charge is 2.19. The van der Waals surface area contributed by atoms with Gasteiger partial charge >= 0.3 is 0 Å². The van der Waals surface area contributed by atoms with Crippen molar-refractivity contribution in [2.75, 3.05) is 5.32 Å². The number of thiazole rings is 1. The number of carbonyl (C=O) groups is 1. The van der Waals surface area contributed by atoms with Gasteiger partial charge in [0.1, 0.15) is 23.2 Å². The molecule has 3 aromatic rings. The van der Waals surface area contributed by atoms with Crippen molar-refractivity contribution in [2.45, 2.75) is 39.2 Å². The van der Waals surface area contributed by atoms with Gasteiger partial charge in [-0.1, -0.05) is 0 Å². The summed E-state index contributed by atoms with van der Waals surface area (Å²) in [4.78, 5) is 15.9. The maximum absolute atomic E-state index is 13.3. The van der Waals surface area contributed by atoms with Crippen LogP contribution in [0.1, 0.15) is 35.9 Å². The molecule has 0 saturated carbocycles. The Morgan fingerprint density at radius 3 is 2.85 bits per heavy atom. The Kier molecular flexibility index (Phi) is 4.59. The van der Waals surface area contributed by atoms with Crippen molar-refractivity contribution in [2.24, 2.45) is 0 Å². The molecule has 1 N–H and O–H groups in total. The maximum Gasteiger partial charge on any atom is 0.221 e. The molecule has 0 spiro atoms. The van der Waals surface area contributed by atoms with Crippen molar-refractivity contribution in [3.05, 3.63) is 52.3 Å². The van der Waals surface area contributed by atoms with E-state index in [9.17, 15) is 9.18 Å². The van der Waals surface area contributed by atoms with Crippen molar-refractivity contribution in [1.29, 1.82) is 0 Å². The number of nitrogens with one attached hydrogen (secondary N) is 1. The fraction of sp³-hybridized carbons (Fsp3) is 0.300. The van der Waals surface area contributed by atoms with Crippen LogP contribution >= 0.6 is 11.3 Å². The van der Waals surface area contributed by atoms with Gasteiger partial charge in [-0.2, -0.15) is 0 Å². The molecule has 0 unspecified atom stereocenters. The smallest absolute Gasteiger partial charge is 0.221 e. The molecule has 0 fully saturated rings. The van der Waals surface area contributed by atoms with Crippen LogP contribution in [-0.2, 0) is 24.2 Å². The van der Waals surface area contributed by atoms with Gasteiger partial charge in [-0.3, -0.25) is 4.79 Å². The number of fused-ring (bicyclic) bond motifs is 2. The quantitative estimate of drug-likeness (QED) is 0.714. The normalized spacial score (nSPS) is 13.5. The molecule has 4 rings (SSSR count). The minimum atomic E-state index is -0.280. The Bertz CT molecular complexity index is 983. The second-order valence-corrected chi connectivity index (χ2v) is 7.58. The molecule has 4 nitrogen and oxygen atoms in total. The zero-order valence-corrected chi connectivity index (χ0v) is 15.3. The SMILES string of the molecule is CC(=O)Nc1ccc(OCc2nc3cc(F)ccc3s2)c2c1CCCC2. The van der Waals surface area contributed by atoms with Crippen molar-refractivity contribution >= 4 is 33.1 Å². The number of aromatic nitrogens is 1. The molecule has 1 aromatic heterocycles. The summed E-state index contributed by atoms with van der Waals surface area (Å²) in [5, 5.41) is 3.74. The van der Waals surface area contributed by atoms with E-state index in [2.05, 4.69) is 10.3 Å². The van der Waals surface area contributed by atoms with Gasteiger partial charge in [0.2, 0.25) is 5.91 Å². The van der Waals surface area contributed by atoms with Gasteiger partial charge in [0.05, 0.1) is 10.2 Å². The highest BCUT2D eigenvalue weighted by molar-refractivity contribution is 7.18. The van der Waals surface area contributed by atoms with Crippen molar-refractivity contribution in [3.63, 3.8) is 0 Å². The Balaban J connectivity index is 1.58. The summed E-state index contributed by atoms with van der Waals surface area (Å²) < 4.78 is 20.3. The molecule has 0 radical (unpaired) electrons. The number of halogens is 1. The lowest BCUT2D eigenvalue weighted by atomic mass is 9.89. The zero-order valence-electron chi connectivity index (χ0n) is 14.5. The predicted octanol–water partition coefficient (Wildman–Crippen LogP) is 4.85. The molecule has 1 amide bonds. The van der Waals surface area contributed by atoms with Crippen LogP contribution < -0.4 is 10.1 Å². The minimum Gasteiger partial charge on any atom is -0.486 e. The van der Waals surface area contributed by atoms with Crippen LogP contribution in [0.3, 0.4) is 0 Å². The van der Waals surface area contributed by atoms with Crippen molar-refractivity contribution in [1.82, 2.24) is 4.98 Å². The second-order valence-electron chi connectivity index (χ2n) is 6.46. The van der Waals surface area contributed by atoms with E-state index in [4.69, 9.17) is 4.74 Å². The van der Waals surface area contributed by atoms with Gasteiger partial charge in [-0.05, 0) is 61.1 Å². The minimum absolute atomic E-state index is 0.0619. The highest BCUT2D eigenvalue weighted by atomic mass is 32.1. The molecular formula is C20H19FN2O2S. The molecule has 6 heteroatoms. The van der Waals surface area contributed by atoms with Crippen LogP contribution in [0, 0.1) is 5.82 Å². The molecule has 0 aliphatic heterocycles. The van der Waals surface area contributed by atoms with E-state index < -0.39 is 0 Å². The molecule has 2 aromatic carbocycles. The van der Waals surface area contributed by atoms with Gasteiger partial charge < -0.3 is 10.1 Å². The monoisotopic (exact) mass is 370 g/mol. The summed E-state index contributed by atoms with van der Waals surface area (Å²) >= 11 is 1.51. The Labute approximate surface area is 155 Å². The lowest BCUT2D eigenvalue weighted by Crippen LogP contribution is -2.13. The van der Waals surface area contributed by atoms with E-state index in [0.717, 1.165) is 46.8 Å². The number of benzene rings is 2. The summed E-state index contributed by atoms with van der Waals surface area (Å²) in [5.74, 6) is 0.505. The van der Waals surface area contributed by atoms with Crippen LogP contribution in [0.4, 0.5) is 10.1 Å². The number of hydrogen-bond acceptors (Lipinski definition) is 4. The average molecular weight is 370 g/mol. The van der Waals surface area contributed by atoms with E-state index in [1.165, 1.54) is 41.5 Å². The van der Waals surface area contributed by atoms with Gasteiger partial charge in [0.15, 0.2) is 0 Å². The third-order valence-electron chi connectivity index (χ3n) is 4.55. The number of rotatable bonds is 4. The highest BCUT2D eigenvalue weighted by Crippen LogP contribution is 2.35. The van der Waals surface area contributed by atoms with Crippen LogP contribution in [0.2, 0.25) is 0 Å². The third-order valence-corrected chi connectivity index (χ3v) is 5.56. The number of anilines is 1. The van der Waals surface area contributed by atoms with E-state index >= 15 is 0 Å². The summed E-state index contributed by atoms with van der Waals surface area (Å²) in [6.45, 7) is 1.88. The average Bonchev–Trinajstić information content (AvgIpc) is 3.02. The lowest BCUT2D eigenvalue weighted by molar-refractivity contribution is -0.114. The third kappa shape index (κ3) is 3.42. The molecule has 0 saturated heterocycles. The molecule has 134 valence electrons. The fourth-order valence-corrected chi connectivity index (χ4v) is 4.29. The standard InChI is InChI=1S/C20H19FN2O2S/c1-12(24)22-16-7-8-18(15-5-3-2-4-14(15)16)25-11-20-23-17-10-13(21)6-9-19(17)26-20/h6-10H,2-5,11H2,1H3,(H,22,24). The van der Waals surface area contributed by atoms with Gasteiger partial charge in [0, 0.05) is 18.7 Å². The largest absolute Gasteiger partial charge is 0.486 e. The number of amides is 1. The first kappa shape index (κ1) is 17.0. The Hall–Kier alpha value is -2.47. The molecule has 26 heavy (non-hydrogen) atoms. The van der Waals surface area contributed by atoms with Gasteiger partial charge in [-0.25, -0.2) is 9.37 Å². The summed E-state index contributed by atoms with van der Waals surface area (Å²) in [7, 11) is 0. The maximum atomic E-state index is 13.3. The Morgan fingerprint density at radius 1 is 1.23 bits per heavy atom. The predicted molar refractivity (Wildman–Crippen MR) is 101 cm³/mol. The van der Waals surface area contributed by atoms with Crippen molar-refractivity contribution < 1.29 is 13.9 Å². The lowest BCUT2D eigenvalue weighted by Gasteiger charge is -2.22. The molecule has 0 atom stereocenters. The fourth-order valence-electron chi connectivity index (χ4n) is 3.43. The van der Waals surface area contributed by atoms with Crippen LogP contribution in [-0.4, -0.2) is 10.9 Å². The zero-order chi connectivity index (χ0) is 18.1. The van der Waals surface area contributed by atoms with Gasteiger partial charge in [0.25, 0.3) is 0 Å². The first-order valence-electron chi connectivity index (χ1n) is 8.70. The topological polar surface area (TPSA) is 51.2 Å². The summed E-state index contributed by atoms with van der Waals surface area (Å²) in [6.07, 6.45) is 4.13. The van der Waals surface area contributed by atoms with E-state index in [-0.39, 0.29) is 11.7 Å². The van der Waals surface area contributed by atoms with Crippen LogP contribution in [0.15, 0.2) is 30.3 Å². The first-order chi connectivity index (χ1) is 12.6. The van der Waals surface area contributed by atoms with E-state index in [1.54, 1.807) is 6.07 Å². The molecule has 1 aliphatic carbocycles. The molecule has 0 bridgehead atoms. The number of hydrogen-bond donors (Lipinski definition) is 1.